The zero-order valence-corrected chi connectivity index (χ0v) is 15.8. The van der Waals surface area contributed by atoms with Gasteiger partial charge in [0.15, 0.2) is 0 Å². The predicted octanol–water partition coefficient (Wildman–Crippen LogP) is 1.14. The van der Waals surface area contributed by atoms with E-state index in [9.17, 15) is 19.1 Å². The molecule has 0 saturated heterocycles. The van der Waals surface area contributed by atoms with Crippen LogP contribution in [0.2, 0.25) is 0 Å². The Balaban J connectivity index is 0.00000264. The normalized spacial score (nSPS) is 12.4. The molecule has 23 heavy (non-hydrogen) atoms. The quantitative estimate of drug-likeness (QED) is 0.533. The van der Waals surface area contributed by atoms with E-state index in [1.54, 1.807) is 30.3 Å². The summed E-state index contributed by atoms with van der Waals surface area (Å²) in [5.41, 5.74) is 4.67. The Hall–Kier alpha value is -0.950. The first-order valence-corrected chi connectivity index (χ1v) is 8.49. The SMILES string of the molecule is Nc1ccn(CCCC(c2ccccc2)P(=O)(O)O)c(=O)n1.[Na]. The molecule has 2 rings (SSSR count). The van der Waals surface area contributed by atoms with Crippen molar-refractivity contribution in [2.24, 2.45) is 0 Å². The molecule has 1 aromatic carbocycles. The molecule has 0 spiro atoms. The van der Waals surface area contributed by atoms with Crippen molar-refractivity contribution in [3.05, 3.63) is 58.6 Å². The first kappa shape index (κ1) is 20.1. The van der Waals surface area contributed by atoms with E-state index in [4.69, 9.17) is 5.73 Å². The van der Waals surface area contributed by atoms with Gasteiger partial charge in [-0.2, -0.15) is 4.98 Å². The molecule has 0 fully saturated rings. The van der Waals surface area contributed by atoms with Gasteiger partial charge in [-0.3, -0.25) is 9.13 Å². The minimum Gasteiger partial charge on any atom is -0.383 e. The van der Waals surface area contributed by atoms with Crippen LogP contribution < -0.4 is 11.4 Å². The summed E-state index contributed by atoms with van der Waals surface area (Å²) in [6.07, 6.45) is 2.24. The van der Waals surface area contributed by atoms with Gasteiger partial charge in [0, 0.05) is 42.3 Å². The Bertz CT molecular complexity index is 732. The Labute approximate surface area is 156 Å². The van der Waals surface area contributed by atoms with E-state index in [0.717, 1.165) is 0 Å². The molecule has 1 atom stereocenters. The standard InChI is InChI=1S/C14H18N3O4P.Na/c15-13-8-10-17(14(18)16-13)9-4-7-12(22(19,20)21)11-5-2-1-3-6-11;/h1-3,5-6,8,10,12H,4,7,9H2,(H2,15,16,18)(H2,19,20,21);. The molecule has 0 amide bonds. The van der Waals surface area contributed by atoms with Crippen molar-refractivity contribution in [2.75, 3.05) is 5.73 Å². The van der Waals surface area contributed by atoms with Crippen LogP contribution in [0, 0.1) is 0 Å². The second-order valence-corrected chi connectivity index (χ2v) is 6.79. The van der Waals surface area contributed by atoms with Crippen molar-refractivity contribution in [3.8, 4) is 0 Å². The molecule has 0 aliphatic carbocycles. The third-order valence-corrected chi connectivity index (χ3v) is 4.73. The first-order valence-electron chi connectivity index (χ1n) is 6.81. The number of aromatic nitrogens is 2. The van der Waals surface area contributed by atoms with E-state index in [1.165, 1.54) is 16.8 Å². The summed E-state index contributed by atoms with van der Waals surface area (Å²) >= 11 is 0. The zero-order valence-electron chi connectivity index (χ0n) is 12.9. The van der Waals surface area contributed by atoms with Crippen LogP contribution in [0.5, 0.6) is 0 Å². The van der Waals surface area contributed by atoms with E-state index in [1.807, 2.05) is 0 Å². The van der Waals surface area contributed by atoms with Gasteiger partial charge in [-0.1, -0.05) is 30.3 Å². The molecule has 0 bridgehead atoms. The van der Waals surface area contributed by atoms with Crippen LogP contribution in [0.25, 0.3) is 0 Å². The van der Waals surface area contributed by atoms with Gasteiger partial charge in [0.05, 0.1) is 5.66 Å². The summed E-state index contributed by atoms with van der Waals surface area (Å²) in [5, 5.41) is 0. The van der Waals surface area contributed by atoms with Gasteiger partial charge in [-0.25, -0.2) is 4.79 Å². The average Bonchev–Trinajstić information content (AvgIpc) is 2.45. The van der Waals surface area contributed by atoms with Crippen molar-refractivity contribution >= 4 is 43.0 Å². The third kappa shape index (κ3) is 5.88. The Morgan fingerprint density at radius 3 is 2.43 bits per heavy atom. The molecule has 9 heteroatoms. The van der Waals surface area contributed by atoms with Gasteiger partial charge in [0.2, 0.25) is 0 Å². The molecule has 1 radical (unpaired) electrons. The summed E-state index contributed by atoms with van der Waals surface area (Å²) in [4.78, 5) is 34.3. The maximum Gasteiger partial charge on any atom is 0.349 e. The minimum absolute atomic E-state index is 0. The van der Waals surface area contributed by atoms with Gasteiger partial charge in [-0.15, -0.1) is 0 Å². The van der Waals surface area contributed by atoms with Crippen LogP contribution in [0.15, 0.2) is 47.4 Å². The molecule has 2 aromatic rings. The molecular weight excluding hydrogens is 328 g/mol. The number of aryl methyl sites for hydroxylation is 1. The summed E-state index contributed by atoms with van der Waals surface area (Å²) < 4.78 is 13.1. The second kappa shape index (κ2) is 8.78. The van der Waals surface area contributed by atoms with Gasteiger partial charge >= 0.3 is 13.3 Å². The molecule has 4 N–H and O–H groups in total. The zero-order chi connectivity index (χ0) is 16.2. The first-order chi connectivity index (χ1) is 10.4. The monoisotopic (exact) mass is 346 g/mol. The van der Waals surface area contributed by atoms with E-state index >= 15 is 0 Å². The van der Waals surface area contributed by atoms with Gasteiger partial charge in [0.1, 0.15) is 5.82 Å². The van der Waals surface area contributed by atoms with Crippen molar-refractivity contribution in [1.82, 2.24) is 9.55 Å². The fraction of sp³-hybridized carbons (Fsp3) is 0.286. The number of anilines is 1. The van der Waals surface area contributed by atoms with Crippen LogP contribution in [0.1, 0.15) is 24.1 Å². The fourth-order valence-corrected chi connectivity index (χ4v) is 3.35. The smallest absolute Gasteiger partial charge is 0.349 e. The molecule has 1 heterocycles. The third-order valence-electron chi connectivity index (χ3n) is 3.36. The van der Waals surface area contributed by atoms with E-state index < -0.39 is 18.9 Å². The number of hydrogen-bond acceptors (Lipinski definition) is 4. The van der Waals surface area contributed by atoms with E-state index in [-0.39, 0.29) is 41.8 Å². The minimum atomic E-state index is -4.26. The number of benzene rings is 1. The fourth-order valence-electron chi connectivity index (χ4n) is 2.27. The van der Waals surface area contributed by atoms with Crippen LogP contribution in [-0.4, -0.2) is 48.9 Å². The molecule has 0 aliphatic heterocycles. The summed E-state index contributed by atoms with van der Waals surface area (Å²) in [5.74, 6) is 0.152. The number of nitrogen functional groups attached to an aromatic ring is 1. The van der Waals surface area contributed by atoms with Crippen LogP contribution in [0.3, 0.4) is 0 Å². The Morgan fingerprint density at radius 1 is 1.22 bits per heavy atom. The Kier molecular flexibility index (Phi) is 7.67. The van der Waals surface area contributed by atoms with Crippen molar-refractivity contribution in [3.63, 3.8) is 0 Å². The second-order valence-electron chi connectivity index (χ2n) is 4.99. The predicted molar refractivity (Wildman–Crippen MR) is 89.1 cm³/mol. The molecule has 7 nitrogen and oxygen atoms in total. The number of rotatable bonds is 6. The van der Waals surface area contributed by atoms with E-state index in [0.29, 0.717) is 18.5 Å². The van der Waals surface area contributed by atoms with E-state index in [2.05, 4.69) is 4.98 Å². The van der Waals surface area contributed by atoms with Gasteiger partial charge in [0.25, 0.3) is 0 Å². The molecule has 1 aromatic heterocycles. The van der Waals surface area contributed by atoms with Crippen LogP contribution >= 0.6 is 7.60 Å². The largest absolute Gasteiger partial charge is 0.383 e. The van der Waals surface area contributed by atoms with Gasteiger partial charge < -0.3 is 15.5 Å². The summed E-state index contributed by atoms with van der Waals surface area (Å²) in [7, 11) is -4.26. The summed E-state index contributed by atoms with van der Waals surface area (Å²) in [6.45, 7) is 0.329. The molecular formula is C14H18N3NaO4P. The maximum absolute atomic E-state index is 11.7. The van der Waals surface area contributed by atoms with Gasteiger partial charge in [-0.05, 0) is 24.5 Å². The molecule has 0 saturated carbocycles. The number of hydrogen-bond donors (Lipinski definition) is 3. The molecule has 0 aliphatic rings. The van der Waals surface area contributed by atoms with Crippen LogP contribution in [0.4, 0.5) is 5.82 Å². The van der Waals surface area contributed by atoms with Crippen molar-refractivity contribution < 1.29 is 14.4 Å². The Morgan fingerprint density at radius 2 is 1.87 bits per heavy atom. The number of nitrogens with two attached hydrogens (primary N) is 1. The van der Waals surface area contributed by atoms with Crippen LogP contribution in [-0.2, 0) is 11.1 Å². The molecule has 119 valence electrons. The summed E-state index contributed by atoms with van der Waals surface area (Å²) in [6, 6.07) is 10.2. The van der Waals surface area contributed by atoms with Crippen molar-refractivity contribution in [1.29, 1.82) is 0 Å². The topological polar surface area (TPSA) is 118 Å². The van der Waals surface area contributed by atoms with Crippen molar-refractivity contribution in [2.45, 2.75) is 25.0 Å². The molecule has 1 unspecified atom stereocenters. The number of nitrogens with zero attached hydrogens (tertiary/aromatic N) is 2. The maximum atomic E-state index is 11.7. The average molecular weight is 346 g/mol.